The van der Waals surface area contributed by atoms with Crippen LogP contribution >= 0.6 is 22.9 Å². The van der Waals surface area contributed by atoms with E-state index in [1.54, 1.807) is 7.11 Å². The van der Waals surface area contributed by atoms with E-state index in [1.807, 2.05) is 12.1 Å². The van der Waals surface area contributed by atoms with Crippen LogP contribution in [0.1, 0.15) is 17.7 Å². The molecule has 0 spiro atoms. The quantitative estimate of drug-likeness (QED) is 0.718. The van der Waals surface area contributed by atoms with Crippen LogP contribution < -0.4 is 11.1 Å². The van der Waals surface area contributed by atoms with Crippen LogP contribution in [0.4, 0.5) is 0 Å². The number of thiophene rings is 1. The van der Waals surface area contributed by atoms with E-state index in [0.717, 1.165) is 22.1 Å². The van der Waals surface area contributed by atoms with Crippen molar-refractivity contribution in [3.63, 3.8) is 0 Å². The minimum absolute atomic E-state index is 0.103. The van der Waals surface area contributed by atoms with Gasteiger partial charge >= 0.3 is 0 Å². The van der Waals surface area contributed by atoms with Crippen molar-refractivity contribution in [2.45, 2.75) is 25.3 Å². The SMILES string of the molecule is COCCCC(N)C(=O)NCCc1ccc(Cl)s1. The molecule has 4 nitrogen and oxygen atoms in total. The molecule has 0 fully saturated rings. The first-order valence-corrected chi connectivity index (χ1v) is 7.09. The molecule has 0 aromatic carbocycles. The van der Waals surface area contributed by atoms with Gasteiger partial charge in [-0.1, -0.05) is 11.6 Å². The Morgan fingerprint density at radius 2 is 2.39 bits per heavy atom. The van der Waals surface area contributed by atoms with E-state index in [9.17, 15) is 4.79 Å². The highest BCUT2D eigenvalue weighted by Gasteiger charge is 2.12. The third-order valence-corrected chi connectivity index (χ3v) is 3.79. The molecule has 0 radical (unpaired) electrons. The maximum Gasteiger partial charge on any atom is 0.236 e. The van der Waals surface area contributed by atoms with E-state index in [4.69, 9.17) is 22.1 Å². The number of methoxy groups -OCH3 is 1. The van der Waals surface area contributed by atoms with Crippen LogP contribution in [0.2, 0.25) is 4.34 Å². The lowest BCUT2D eigenvalue weighted by molar-refractivity contribution is -0.122. The van der Waals surface area contributed by atoms with Gasteiger partial charge in [-0.05, 0) is 31.4 Å². The molecule has 1 aromatic rings. The fourth-order valence-electron chi connectivity index (χ4n) is 1.50. The van der Waals surface area contributed by atoms with Crippen LogP contribution in [0, 0.1) is 0 Å². The second kappa shape index (κ2) is 8.48. The summed E-state index contributed by atoms with van der Waals surface area (Å²) in [6.45, 7) is 1.22. The topological polar surface area (TPSA) is 64.3 Å². The maximum atomic E-state index is 11.6. The van der Waals surface area contributed by atoms with E-state index in [-0.39, 0.29) is 5.91 Å². The van der Waals surface area contributed by atoms with Crippen molar-refractivity contribution in [3.8, 4) is 0 Å². The summed E-state index contributed by atoms with van der Waals surface area (Å²) < 4.78 is 5.69. The van der Waals surface area contributed by atoms with Crippen molar-refractivity contribution in [2.75, 3.05) is 20.3 Å². The molecule has 0 bridgehead atoms. The van der Waals surface area contributed by atoms with Crippen LogP contribution in [-0.4, -0.2) is 32.2 Å². The molecule has 1 unspecified atom stereocenters. The Bertz CT molecular complexity index is 371. The Balaban J connectivity index is 2.16. The van der Waals surface area contributed by atoms with Gasteiger partial charge < -0.3 is 15.8 Å². The summed E-state index contributed by atoms with van der Waals surface area (Å²) in [5.41, 5.74) is 5.76. The Hall–Kier alpha value is -0.620. The van der Waals surface area contributed by atoms with Gasteiger partial charge in [0.2, 0.25) is 5.91 Å². The summed E-state index contributed by atoms with van der Waals surface area (Å²) in [5, 5.41) is 2.83. The van der Waals surface area contributed by atoms with Crippen molar-refractivity contribution in [3.05, 3.63) is 21.3 Å². The molecule has 18 heavy (non-hydrogen) atoms. The largest absolute Gasteiger partial charge is 0.385 e. The first kappa shape index (κ1) is 15.4. The monoisotopic (exact) mass is 290 g/mol. The number of carbonyl (C=O) groups is 1. The minimum atomic E-state index is -0.452. The van der Waals surface area contributed by atoms with Crippen molar-refractivity contribution >= 4 is 28.8 Å². The van der Waals surface area contributed by atoms with Crippen LogP contribution in [-0.2, 0) is 16.0 Å². The standard InChI is InChI=1S/C12H19ClN2O2S/c1-17-8-2-3-10(14)12(16)15-7-6-9-4-5-11(13)18-9/h4-5,10H,2-3,6-8,14H2,1H3,(H,15,16). The zero-order chi connectivity index (χ0) is 13.4. The minimum Gasteiger partial charge on any atom is -0.385 e. The van der Waals surface area contributed by atoms with Gasteiger partial charge in [-0.2, -0.15) is 0 Å². The molecule has 0 saturated carbocycles. The molecule has 0 aliphatic carbocycles. The molecule has 1 atom stereocenters. The van der Waals surface area contributed by atoms with Crippen LogP contribution in [0.5, 0.6) is 0 Å². The van der Waals surface area contributed by atoms with E-state index >= 15 is 0 Å². The second-order valence-corrected chi connectivity index (χ2v) is 5.79. The highest BCUT2D eigenvalue weighted by molar-refractivity contribution is 7.16. The summed E-state index contributed by atoms with van der Waals surface area (Å²) in [5.74, 6) is -0.103. The van der Waals surface area contributed by atoms with Gasteiger partial charge in [0, 0.05) is 25.1 Å². The molecular weight excluding hydrogens is 272 g/mol. The van der Waals surface area contributed by atoms with Gasteiger partial charge in [0.05, 0.1) is 10.4 Å². The van der Waals surface area contributed by atoms with Gasteiger partial charge in [0.15, 0.2) is 0 Å². The Labute approximate surface area is 116 Å². The molecule has 1 aromatic heterocycles. The van der Waals surface area contributed by atoms with Gasteiger partial charge in [-0.25, -0.2) is 0 Å². The molecule has 1 amide bonds. The average Bonchev–Trinajstić information content (AvgIpc) is 2.75. The number of nitrogens with two attached hydrogens (primary N) is 1. The van der Waals surface area contributed by atoms with Crippen molar-refractivity contribution in [2.24, 2.45) is 5.73 Å². The van der Waals surface area contributed by atoms with Gasteiger partial charge in [0.25, 0.3) is 0 Å². The van der Waals surface area contributed by atoms with E-state index in [1.165, 1.54) is 11.3 Å². The number of hydrogen-bond acceptors (Lipinski definition) is 4. The smallest absolute Gasteiger partial charge is 0.236 e. The van der Waals surface area contributed by atoms with E-state index in [0.29, 0.717) is 19.6 Å². The van der Waals surface area contributed by atoms with E-state index < -0.39 is 6.04 Å². The zero-order valence-corrected chi connectivity index (χ0v) is 12.0. The second-order valence-electron chi connectivity index (χ2n) is 3.99. The van der Waals surface area contributed by atoms with Crippen molar-refractivity contribution < 1.29 is 9.53 Å². The van der Waals surface area contributed by atoms with E-state index in [2.05, 4.69) is 5.32 Å². The third-order valence-electron chi connectivity index (χ3n) is 2.50. The molecule has 3 N–H and O–H groups in total. The van der Waals surface area contributed by atoms with Crippen LogP contribution in [0.25, 0.3) is 0 Å². The number of hydrogen-bond donors (Lipinski definition) is 2. The number of halogens is 1. The van der Waals surface area contributed by atoms with Gasteiger partial charge in [0.1, 0.15) is 0 Å². The summed E-state index contributed by atoms with van der Waals surface area (Å²) in [7, 11) is 1.64. The fraction of sp³-hybridized carbons (Fsp3) is 0.583. The predicted molar refractivity (Wildman–Crippen MR) is 75.1 cm³/mol. The Kier molecular flexibility index (Phi) is 7.27. The third kappa shape index (κ3) is 5.82. The Morgan fingerprint density at radius 3 is 3.00 bits per heavy atom. The highest BCUT2D eigenvalue weighted by Crippen LogP contribution is 2.21. The molecule has 0 aliphatic heterocycles. The van der Waals surface area contributed by atoms with Crippen LogP contribution in [0.15, 0.2) is 12.1 Å². The summed E-state index contributed by atoms with van der Waals surface area (Å²) >= 11 is 7.35. The Morgan fingerprint density at radius 1 is 1.61 bits per heavy atom. The molecular formula is C12H19ClN2O2S. The van der Waals surface area contributed by atoms with Crippen LogP contribution in [0.3, 0.4) is 0 Å². The number of rotatable bonds is 8. The predicted octanol–water partition coefficient (Wildman–Crippen LogP) is 1.81. The van der Waals surface area contributed by atoms with Gasteiger partial charge in [-0.15, -0.1) is 11.3 Å². The van der Waals surface area contributed by atoms with Crippen molar-refractivity contribution in [1.29, 1.82) is 0 Å². The lowest BCUT2D eigenvalue weighted by atomic mass is 10.1. The molecule has 1 rings (SSSR count). The highest BCUT2D eigenvalue weighted by atomic mass is 35.5. The number of carbonyl (C=O) groups excluding carboxylic acids is 1. The first-order valence-electron chi connectivity index (χ1n) is 5.90. The number of nitrogens with one attached hydrogen (secondary N) is 1. The molecule has 0 aliphatic rings. The van der Waals surface area contributed by atoms with Gasteiger partial charge in [-0.3, -0.25) is 4.79 Å². The molecule has 6 heteroatoms. The number of ether oxygens (including phenoxy) is 1. The summed E-state index contributed by atoms with van der Waals surface area (Å²) in [6, 6.07) is 3.38. The summed E-state index contributed by atoms with van der Waals surface area (Å²) in [4.78, 5) is 12.8. The average molecular weight is 291 g/mol. The molecule has 1 heterocycles. The summed E-state index contributed by atoms with van der Waals surface area (Å²) in [6.07, 6.45) is 2.23. The van der Waals surface area contributed by atoms with Crippen molar-refractivity contribution in [1.82, 2.24) is 5.32 Å². The molecule has 102 valence electrons. The molecule has 0 saturated heterocycles. The maximum absolute atomic E-state index is 11.6. The number of amides is 1. The zero-order valence-electron chi connectivity index (χ0n) is 10.4. The normalized spacial score (nSPS) is 12.4. The fourth-order valence-corrected chi connectivity index (χ4v) is 2.59. The lowest BCUT2D eigenvalue weighted by Crippen LogP contribution is -2.41. The lowest BCUT2D eigenvalue weighted by Gasteiger charge is -2.11. The first-order chi connectivity index (χ1) is 8.63.